The van der Waals surface area contributed by atoms with Crippen LogP contribution in [0.25, 0.3) is 0 Å². The summed E-state index contributed by atoms with van der Waals surface area (Å²) in [6.45, 7) is 7.47. The molecular formula is C12H23N3O2S. The van der Waals surface area contributed by atoms with Crippen molar-refractivity contribution in [3.63, 3.8) is 0 Å². The van der Waals surface area contributed by atoms with Crippen molar-refractivity contribution >= 4 is 9.84 Å². The van der Waals surface area contributed by atoms with Crippen LogP contribution in [0.2, 0.25) is 0 Å². The Hall–Kier alpha value is -0.880. The van der Waals surface area contributed by atoms with Gasteiger partial charge in [-0.3, -0.25) is 4.68 Å². The van der Waals surface area contributed by atoms with Gasteiger partial charge in [-0.2, -0.15) is 5.10 Å². The molecule has 0 radical (unpaired) electrons. The lowest BCUT2D eigenvalue weighted by Gasteiger charge is -2.10. The minimum absolute atomic E-state index is 0.138. The fourth-order valence-electron chi connectivity index (χ4n) is 1.77. The first-order valence-electron chi connectivity index (χ1n) is 6.28. The first kappa shape index (κ1) is 15.2. The average molecular weight is 273 g/mol. The molecule has 0 aromatic carbocycles. The van der Waals surface area contributed by atoms with Crippen LogP contribution in [-0.4, -0.2) is 36.2 Å². The molecule has 104 valence electrons. The van der Waals surface area contributed by atoms with Gasteiger partial charge in [-0.1, -0.05) is 20.8 Å². The summed E-state index contributed by atoms with van der Waals surface area (Å²) < 4.78 is 24.1. The van der Waals surface area contributed by atoms with E-state index in [0.29, 0.717) is 12.6 Å². The van der Waals surface area contributed by atoms with Crippen molar-refractivity contribution in [1.29, 1.82) is 0 Å². The van der Waals surface area contributed by atoms with Gasteiger partial charge in [-0.15, -0.1) is 0 Å². The van der Waals surface area contributed by atoms with Gasteiger partial charge >= 0.3 is 0 Å². The molecule has 18 heavy (non-hydrogen) atoms. The van der Waals surface area contributed by atoms with Crippen molar-refractivity contribution in [3.05, 3.63) is 17.5 Å². The van der Waals surface area contributed by atoms with E-state index >= 15 is 0 Å². The molecule has 0 amide bonds. The van der Waals surface area contributed by atoms with Crippen LogP contribution in [0.3, 0.4) is 0 Å². The van der Waals surface area contributed by atoms with Crippen LogP contribution in [0.5, 0.6) is 0 Å². The number of hydrogen-bond acceptors (Lipinski definition) is 4. The van der Waals surface area contributed by atoms with Gasteiger partial charge in [-0.05, 0) is 6.42 Å². The van der Waals surface area contributed by atoms with E-state index < -0.39 is 9.84 Å². The normalized spacial score (nSPS) is 12.3. The Morgan fingerprint density at radius 3 is 2.61 bits per heavy atom. The van der Waals surface area contributed by atoms with Crippen LogP contribution >= 0.6 is 0 Å². The fraction of sp³-hybridized carbons (Fsp3) is 0.750. The second-order valence-corrected chi connectivity index (χ2v) is 7.12. The number of nitrogens with zero attached hydrogens (tertiary/aromatic N) is 2. The summed E-state index contributed by atoms with van der Waals surface area (Å²) in [4.78, 5) is 0. The highest BCUT2D eigenvalue weighted by atomic mass is 32.2. The molecule has 0 aliphatic rings. The Morgan fingerprint density at radius 2 is 2.11 bits per heavy atom. The third-order valence-electron chi connectivity index (χ3n) is 2.74. The molecule has 5 nitrogen and oxygen atoms in total. The smallest absolute Gasteiger partial charge is 0.149 e. The van der Waals surface area contributed by atoms with E-state index in [9.17, 15) is 8.42 Å². The number of nitrogens with one attached hydrogen (secondary N) is 1. The van der Waals surface area contributed by atoms with E-state index in [1.807, 2.05) is 6.20 Å². The second kappa shape index (κ2) is 6.33. The van der Waals surface area contributed by atoms with Crippen molar-refractivity contribution in [2.75, 3.05) is 12.0 Å². The lowest BCUT2D eigenvalue weighted by molar-refractivity contribution is 0.572. The van der Waals surface area contributed by atoms with Crippen LogP contribution < -0.4 is 5.32 Å². The van der Waals surface area contributed by atoms with E-state index in [4.69, 9.17) is 0 Å². The van der Waals surface area contributed by atoms with E-state index in [1.54, 1.807) is 4.68 Å². The molecule has 1 N–H and O–H groups in total. The lowest BCUT2D eigenvalue weighted by Crippen LogP contribution is -2.22. The molecular weight excluding hydrogens is 250 g/mol. The minimum Gasteiger partial charge on any atom is -0.310 e. The van der Waals surface area contributed by atoms with Gasteiger partial charge in [0.2, 0.25) is 0 Å². The minimum atomic E-state index is -2.94. The number of sulfone groups is 1. The average Bonchev–Trinajstić information content (AvgIpc) is 2.64. The molecule has 0 aliphatic carbocycles. The van der Waals surface area contributed by atoms with Gasteiger partial charge in [0.05, 0.1) is 18.5 Å². The maximum absolute atomic E-state index is 11.2. The molecule has 6 heteroatoms. The van der Waals surface area contributed by atoms with Gasteiger partial charge in [0.25, 0.3) is 0 Å². The predicted octanol–water partition coefficient (Wildman–Crippen LogP) is 0.988. The van der Waals surface area contributed by atoms with Gasteiger partial charge in [0, 0.05) is 30.1 Å². The molecule has 0 spiro atoms. The number of hydrogen-bond donors (Lipinski definition) is 1. The molecule has 0 fully saturated rings. The number of aromatic nitrogens is 2. The highest BCUT2D eigenvalue weighted by molar-refractivity contribution is 7.90. The van der Waals surface area contributed by atoms with Crippen LogP contribution in [-0.2, 0) is 29.3 Å². The van der Waals surface area contributed by atoms with E-state index in [1.165, 1.54) is 6.26 Å². The largest absolute Gasteiger partial charge is 0.310 e. The molecule has 0 bridgehead atoms. The van der Waals surface area contributed by atoms with Gasteiger partial charge in [-0.25, -0.2) is 8.42 Å². The van der Waals surface area contributed by atoms with Crippen molar-refractivity contribution in [2.24, 2.45) is 0 Å². The first-order chi connectivity index (χ1) is 8.33. The van der Waals surface area contributed by atoms with E-state index in [0.717, 1.165) is 24.2 Å². The Morgan fingerprint density at radius 1 is 1.44 bits per heavy atom. The molecule has 0 saturated carbocycles. The monoisotopic (exact) mass is 273 g/mol. The summed E-state index contributed by atoms with van der Waals surface area (Å²) in [5.74, 6) is 0.138. The summed E-state index contributed by atoms with van der Waals surface area (Å²) in [7, 11) is -2.94. The number of rotatable bonds is 7. The summed E-state index contributed by atoms with van der Waals surface area (Å²) >= 11 is 0. The van der Waals surface area contributed by atoms with Crippen LogP contribution in [0, 0.1) is 0 Å². The molecule has 1 heterocycles. The third-order valence-corrected chi connectivity index (χ3v) is 3.67. The molecule has 1 aromatic rings. The van der Waals surface area contributed by atoms with Crippen molar-refractivity contribution in [1.82, 2.24) is 15.1 Å². The van der Waals surface area contributed by atoms with Gasteiger partial charge in [0.1, 0.15) is 9.84 Å². The summed E-state index contributed by atoms with van der Waals surface area (Å²) in [5.41, 5.74) is 2.27. The molecule has 1 aromatic heterocycles. The topological polar surface area (TPSA) is 64.0 Å². The molecule has 0 aliphatic heterocycles. The first-order valence-corrected chi connectivity index (χ1v) is 8.34. The van der Waals surface area contributed by atoms with E-state index in [2.05, 4.69) is 31.2 Å². The van der Waals surface area contributed by atoms with Crippen molar-refractivity contribution in [2.45, 2.75) is 46.3 Å². The van der Waals surface area contributed by atoms with Gasteiger partial charge < -0.3 is 5.32 Å². The molecule has 0 atom stereocenters. The fourth-order valence-corrected chi connectivity index (χ4v) is 2.27. The second-order valence-electron chi connectivity index (χ2n) is 4.86. The zero-order valence-electron chi connectivity index (χ0n) is 11.6. The molecule has 0 unspecified atom stereocenters. The standard InChI is InChI=1S/C12H23N3O2S/c1-5-12-11(8-13-10(2)3)9-14-15(12)6-7-18(4,16)17/h9-10,13H,5-8H2,1-4H3. The van der Waals surface area contributed by atoms with Gasteiger partial charge in [0.15, 0.2) is 0 Å². The van der Waals surface area contributed by atoms with Crippen LogP contribution in [0.15, 0.2) is 6.20 Å². The third kappa shape index (κ3) is 4.78. The van der Waals surface area contributed by atoms with Crippen LogP contribution in [0.4, 0.5) is 0 Å². The Bertz CT molecular complexity index is 478. The van der Waals surface area contributed by atoms with Crippen molar-refractivity contribution in [3.8, 4) is 0 Å². The molecule has 0 saturated heterocycles. The SMILES string of the molecule is CCc1c(CNC(C)C)cnn1CCS(C)(=O)=O. The summed E-state index contributed by atoms with van der Waals surface area (Å²) in [6.07, 6.45) is 3.94. The number of aryl methyl sites for hydroxylation is 1. The molecule has 1 rings (SSSR count). The van der Waals surface area contributed by atoms with Crippen LogP contribution in [0.1, 0.15) is 32.0 Å². The van der Waals surface area contributed by atoms with E-state index in [-0.39, 0.29) is 5.75 Å². The Kier molecular flexibility index (Phi) is 5.34. The summed E-state index contributed by atoms with van der Waals surface area (Å²) in [5, 5.41) is 7.63. The highest BCUT2D eigenvalue weighted by Gasteiger charge is 2.11. The Labute approximate surface area is 109 Å². The maximum Gasteiger partial charge on any atom is 0.149 e. The quantitative estimate of drug-likeness (QED) is 0.804. The maximum atomic E-state index is 11.2. The van der Waals surface area contributed by atoms with Crippen molar-refractivity contribution < 1.29 is 8.42 Å². The predicted molar refractivity (Wildman–Crippen MR) is 73.3 cm³/mol. The summed E-state index contributed by atoms with van der Waals surface area (Å²) in [6, 6.07) is 0.425. The zero-order valence-corrected chi connectivity index (χ0v) is 12.4. The highest BCUT2D eigenvalue weighted by Crippen LogP contribution is 2.10. The Balaban J connectivity index is 2.75. The zero-order chi connectivity index (χ0) is 13.8. The lowest BCUT2D eigenvalue weighted by atomic mass is 10.2.